The van der Waals surface area contributed by atoms with Crippen molar-refractivity contribution in [3.8, 4) is 0 Å². The Bertz CT molecular complexity index is 816. The van der Waals surface area contributed by atoms with Crippen LogP contribution in [0, 0.1) is 0 Å². The number of H-pyrrole nitrogens is 1. The van der Waals surface area contributed by atoms with Crippen LogP contribution in [0.5, 0.6) is 0 Å². The molecular formula is C14H18N8O2. The Morgan fingerprint density at radius 3 is 3.33 bits per heavy atom. The number of morpholine rings is 1. The predicted molar refractivity (Wildman–Crippen MR) is 84.5 cm³/mol. The van der Waals surface area contributed by atoms with Gasteiger partial charge in [-0.25, -0.2) is 4.98 Å². The number of tetrazole rings is 1. The van der Waals surface area contributed by atoms with Crippen molar-refractivity contribution in [1.82, 2.24) is 35.4 Å². The summed E-state index contributed by atoms with van der Waals surface area (Å²) in [6.45, 7) is 3.15. The van der Waals surface area contributed by atoms with Crippen molar-refractivity contribution in [2.24, 2.45) is 0 Å². The lowest BCUT2D eigenvalue weighted by molar-refractivity contribution is 0.0338. The number of aromatic amines is 1. The molecule has 0 radical (unpaired) electrons. The Morgan fingerprint density at radius 2 is 2.42 bits per heavy atom. The summed E-state index contributed by atoms with van der Waals surface area (Å²) in [5, 5.41) is 20.5. The predicted octanol–water partition coefficient (Wildman–Crippen LogP) is 0.169. The molecule has 0 aromatic carbocycles. The second-order valence-electron chi connectivity index (χ2n) is 5.50. The Labute approximate surface area is 137 Å². The molecule has 10 heteroatoms. The summed E-state index contributed by atoms with van der Waals surface area (Å²) >= 11 is 0. The van der Waals surface area contributed by atoms with Gasteiger partial charge in [-0.05, 0) is 11.3 Å². The SMILES string of the molecule is COCCn1nnc(C2CN(c3ccnc4[nH]ncc34)CCO2)n1. The van der Waals surface area contributed by atoms with Crippen LogP contribution >= 0.6 is 0 Å². The third-order valence-electron chi connectivity index (χ3n) is 3.99. The molecule has 0 spiro atoms. The van der Waals surface area contributed by atoms with E-state index in [0.29, 0.717) is 32.1 Å². The van der Waals surface area contributed by atoms with Gasteiger partial charge in [0.1, 0.15) is 6.10 Å². The monoisotopic (exact) mass is 330 g/mol. The highest BCUT2D eigenvalue weighted by Gasteiger charge is 2.27. The molecule has 1 saturated heterocycles. The van der Waals surface area contributed by atoms with Gasteiger partial charge in [-0.1, -0.05) is 0 Å². The fourth-order valence-electron chi connectivity index (χ4n) is 2.79. The maximum atomic E-state index is 5.84. The molecule has 0 amide bonds. The van der Waals surface area contributed by atoms with Gasteiger partial charge in [0.05, 0.1) is 43.6 Å². The maximum Gasteiger partial charge on any atom is 0.205 e. The Morgan fingerprint density at radius 1 is 1.46 bits per heavy atom. The molecule has 10 nitrogen and oxygen atoms in total. The number of aromatic nitrogens is 7. The molecule has 4 rings (SSSR count). The number of fused-ring (bicyclic) bond motifs is 1. The Hall–Kier alpha value is -2.59. The summed E-state index contributed by atoms with van der Waals surface area (Å²) in [6.07, 6.45) is 3.35. The lowest BCUT2D eigenvalue weighted by Crippen LogP contribution is -2.39. The van der Waals surface area contributed by atoms with Crippen LogP contribution in [0.15, 0.2) is 18.5 Å². The molecule has 0 saturated carbocycles. The lowest BCUT2D eigenvalue weighted by atomic mass is 10.2. The zero-order valence-electron chi connectivity index (χ0n) is 13.3. The van der Waals surface area contributed by atoms with Crippen LogP contribution in [-0.2, 0) is 16.0 Å². The van der Waals surface area contributed by atoms with E-state index >= 15 is 0 Å². The molecule has 1 unspecified atom stereocenters. The van der Waals surface area contributed by atoms with Gasteiger partial charge in [-0.15, -0.1) is 10.2 Å². The number of hydrogen-bond donors (Lipinski definition) is 1. The van der Waals surface area contributed by atoms with Crippen molar-refractivity contribution in [2.45, 2.75) is 12.6 Å². The first kappa shape index (κ1) is 15.0. The summed E-state index contributed by atoms with van der Waals surface area (Å²) in [7, 11) is 1.64. The fraction of sp³-hybridized carbons (Fsp3) is 0.500. The number of nitrogens with one attached hydrogen (secondary N) is 1. The maximum absolute atomic E-state index is 5.84. The molecular weight excluding hydrogens is 312 g/mol. The van der Waals surface area contributed by atoms with Crippen molar-refractivity contribution >= 4 is 16.7 Å². The highest BCUT2D eigenvalue weighted by molar-refractivity contribution is 5.88. The number of pyridine rings is 1. The lowest BCUT2D eigenvalue weighted by Gasteiger charge is -2.33. The highest BCUT2D eigenvalue weighted by atomic mass is 16.5. The first-order valence-corrected chi connectivity index (χ1v) is 7.76. The molecule has 3 aromatic rings. The topological polar surface area (TPSA) is 107 Å². The van der Waals surface area contributed by atoms with E-state index in [9.17, 15) is 0 Å². The van der Waals surface area contributed by atoms with E-state index < -0.39 is 0 Å². The van der Waals surface area contributed by atoms with Crippen LogP contribution in [0.3, 0.4) is 0 Å². The zero-order chi connectivity index (χ0) is 16.4. The normalized spacial score (nSPS) is 18.4. The molecule has 1 N–H and O–H groups in total. The Kier molecular flexibility index (Phi) is 4.05. The zero-order valence-corrected chi connectivity index (χ0v) is 13.3. The number of methoxy groups -OCH3 is 1. The van der Waals surface area contributed by atoms with E-state index in [2.05, 4.69) is 35.5 Å². The molecule has 3 aromatic heterocycles. The molecule has 1 fully saturated rings. The first-order valence-electron chi connectivity index (χ1n) is 7.76. The van der Waals surface area contributed by atoms with Crippen LogP contribution in [0.2, 0.25) is 0 Å². The van der Waals surface area contributed by atoms with Crippen LogP contribution in [-0.4, -0.2) is 68.8 Å². The number of ether oxygens (including phenoxy) is 2. The number of hydrogen-bond acceptors (Lipinski definition) is 8. The minimum atomic E-state index is -0.217. The van der Waals surface area contributed by atoms with Gasteiger partial charge in [-0.2, -0.15) is 9.90 Å². The number of nitrogens with zero attached hydrogens (tertiary/aromatic N) is 7. The van der Waals surface area contributed by atoms with Crippen LogP contribution < -0.4 is 4.90 Å². The largest absolute Gasteiger partial charge is 0.383 e. The molecule has 1 atom stereocenters. The molecule has 24 heavy (non-hydrogen) atoms. The van der Waals surface area contributed by atoms with Gasteiger partial charge in [0.15, 0.2) is 5.65 Å². The minimum absolute atomic E-state index is 0.217. The molecule has 1 aliphatic heterocycles. The van der Waals surface area contributed by atoms with E-state index in [0.717, 1.165) is 23.3 Å². The molecule has 126 valence electrons. The minimum Gasteiger partial charge on any atom is -0.383 e. The van der Waals surface area contributed by atoms with Crippen molar-refractivity contribution in [2.75, 3.05) is 38.3 Å². The van der Waals surface area contributed by atoms with E-state index in [-0.39, 0.29) is 6.10 Å². The van der Waals surface area contributed by atoms with E-state index in [4.69, 9.17) is 9.47 Å². The third kappa shape index (κ3) is 2.81. The summed E-state index contributed by atoms with van der Waals surface area (Å²) in [4.78, 5) is 8.05. The van der Waals surface area contributed by atoms with Gasteiger partial charge in [0.2, 0.25) is 5.82 Å². The second-order valence-corrected chi connectivity index (χ2v) is 5.50. The van der Waals surface area contributed by atoms with Crippen molar-refractivity contribution in [3.63, 3.8) is 0 Å². The van der Waals surface area contributed by atoms with Gasteiger partial charge < -0.3 is 14.4 Å². The number of rotatable bonds is 5. The van der Waals surface area contributed by atoms with Crippen molar-refractivity contribution in [3.05, 3.63) is 24.3 Å². The molecule has 1 aliphatic rings. The van der Waals surface area contributed by atoms with Gasteiger partial charge in [0.25, 0.3) is 0 Å². The standard InChI is InChI=1S/C14H18N8O2/c1-23-6-5-22-19-14(18-20-22)12-9-21(4-7-24-12)11-2-3-15-13-10(11)8-16-17-13/h2-3,8,12H,4-7,9H2,1H3,(H,15,16,17). The van der Waals surface area contributed by atoms with Crippen molar-refractivity contribution in [1.29, 1.82) is 0 Å². The Balaban J connectivity index is 1.53. The third-order valence-corrected chi connectivity index (χ3v) is 3.99. The highest BCUT2D eigenvalue weighted by Crippen LogP contribution is 2.28. The first-order chi connectivity index (χ1) is 11.8. The van der Waals surface area contributed by atoms with Crippen molar-refractivity contribution < 1.29 is 9.47 Å². The second kappa shape index (κ2) is 6.49. The van der Waals surface area contributed by atoms with E-state index in [1.54, 1.807) is 19.5 Å². The molecule has 0 aliphatic carbocycles. The van der Waals surface area contributed by atoms with Crippen LogP contribution in [0.25, 0.3) is 11.0 Å². The summed E-state index contributed by atoms with van der Waals surface area (Å²) < 4.78 is 10.9. The summed E-state index contributed by atoms with van der Waals surface area (Å²) in [6, 6.07) is 1.99. The summed E-state index contributed by atoms with van der Waals surface area (Å²) in [5.74, 6) is 0.591. The molecule has 0 bridgehead atoms. The number of anilines is 1. The van der Waals surface area contributed by atoms with Crippen LogP contribution in [0.4, 0.5) is 5.69 Å². The van der Waals surface area contributed by atoms with Gasteiger partial charge >= 0.3 is 0 Å². The van der Waals surface area contributed by atoms with E-state index in [1.807, 2.05) is 6.07 Å². The van der Waals surface area contributed by atoms with E-state index in [1.165, 1.54) is 4.80 Å². The smallest absolute Gasteiger partial charge is 0.205 e. The average Bonchev–Trinajstić information content (AvgIpc) is 3.29. The van der Waals surface area contributed by atoms with Crippen LogP contribution in [0.1, 0.15) is 11.9 Å². The summed E-state index contributed by atoms with van der Waals surface area (Å²) in [5.41, 5.74) is 1.85. The average molecular weight is 330 g/mol. The van der Waals surface area contributed by atoms with Gasteiger partial charge in [0, 0.05) is 19.9 Å². The van der Waals surface area contributed by atoms with Gasteiger partial charge in [-0.3, -0.25) is 5.10 Å². The molecule has 4 heterocycles. The fourth-order valence-corrected chi connectivity index (χ4v) is 2.79. The quantitative estimate of drug-likeness (QED) is 0.705.